The van der Waals surface area contributed by atoms with Gasteiger partial charge in [-0.05, 0) is 31.5 Å². The van der Waals surface area contributed by atoms with Crippen LogP contribution in [0.15, 0.2) is 30.3 Å². The van der Waals surface area contributed by atoms with Gasteiger partial charge in [0.25, 0.3) is 0 Å². The number of para-hydroxylation sites is 1. The Morgan fingerprint density at radius 2 is 1.84 bits per heavy atom. The molecule has 6 nitrogen and oxygen atoms in total. The van der Waals surface area contributed by atoms with Crippen molar-refractivity contribution in [2.45, 2.75) is 36.9 Å². The first-order valence-corrected chi connectivity index (χ1v) is 11.8. The summed E-state index contributed by atoms with van der Waals surface area (Å²) in [6.45, 7) is 3.64. The number of thiocarbonyl (C=S) groups is 1. The highest BCUT2D eigenvalue weighted by Crippen LogP contribution is 2.52. The lowest BCUT2D eigenvalue weighted by molar-refractivity contribution is -0.147. The molecule has 0 saturated heterocycles. The third-order valence-electron chi connectivity index (χ3n) is 4.88. The predicted octanol–water partition coefficient (Wildman–Crippen LogP) is 5.65. The first-order chi connectivity index (χ1) is 15.3. The van der Waals surface area contributed by atoms with Crippen LogP contribution in [0.5, 0.6) is 17.2 Å². The molecule has 9 heteroatoms. The molecule has 1 aliphatic heterocycles. The molecule has 0 aliphatic carbocycles. The third-order valence-corrected chi connectivity index (χ3v) is 7.14. The van der Waals surface area contributed by atoms with E-state index in [2.05, 4.69) is 5.32 Å². The molecule has 172 valence electrons. The number of rotatable bonds is 7. The average Bonchev–Trinajstić information content (AvgIpc) is 2.88. The Morgan fingerprint density at radius 1 is 1.12 bits per heavy atom. The quantitative estimate of drug-likeness (QED) is 0.390. The Balaban J connectivity index is 2.15. The van der Waals surface area contributed by atoms with Gasteiger partial charge in [0.2, 0.25) is 0 Å². The summed E-state index contributed by atoms with van der Waals surface area (Å²) in [4.78, 5) is 13.0. The molecule has 2 aromatic carbocycles. The second-order valence-corrected chi connectivity index (χ2v) is 9.58. The van der Waals surface area contributed by atoms with Gasteiger partial charge in [-0.2, -0.15) is 0 Å². The molecule has 0 aromatic heterocycles. The molecule has 0 fully saturated rings. The van der Waals surface area contributed by atoms with E-state index in [0.717, 1.165) is 11.1 Å². The fourth-order valence-corrected chi connectivity index (χ4v) is 5.55. The molecule has 2 unspecified atom stereocenters. The minimum atomic E-state index is -0.340. The number of hydrogen-bond donors (Lipinski definition) is 1. The van der Waals surface area contributed by atoms with Crippen LogP contribution in [0.25, 0.3) is 0 Å². The van der Waals surface area contributed by atoms with E-state index in [1.807, 2.05) is 38.1 Å². The summed E-state index contributed by atoms with van der Waals surface area (Å²) in [5.74, 6) is 1.46. The highest BCUT2D eigenvalue weighted by Gasteiger charge is 2.35. The number of ether oxygens (including phenoxy) is 4. The van der Waals surface area contributed by atoms with E-state index in [-0.39, 0.29) is 29.0 Å². The van der Waals surface area contributed by atoms with Crippen LogP contribution in [0, 0.1) is 0 Å². The summed E-state index contributed by atoms with van der Waals surface area (Å²) in [6, 6.07) is 9.31. The zero-order valence-electron chi connectivity index (χ0n) is 18.6. The summed E-state index contributed by atoms with van der Waals surface area (Å²) in [6.07, 6.45) is -0.0770. The van der Waals surface area contributed by atoms with Gasteiger partial charge in [-0.3, -0.25) is 4.79 Å². The molecular weight excluding hydrogens is 470 g/mol. The number of methoxy groups -OCH3 is 3. The van der Waals surface area contributed by atoms with Crippen LogP contribution in [-0.2, 0) is 9.53 Å². The Kier molecular flexibility index (Phi) is 8.14. The minimum absolute atomic E-state index is 0.126. The number of thioether (sulfide) groups is 1. The number of benzene rings is 2. The number of carbonyl (C=O) groups excluding carboxylic acids is 1. The van der Waals surface area contributed by atoms with Gasteiger partial charge in [0.15, 0.2) is 11.5 Å². The summed E-state index contributed by atoms with van der Waals surface area (Å²) < 4.78 is 22.2. The van der Waals surface area contributed by atoms with Crippen LogP contribution in [0.2, 0.25) is 5.02 Å². The fraction of sp³-hybridized carbons (Fsp3) is 0.391. The molecule has 0 bridgehead atoms. The molecule has 3 rings (SSSR count). The Morgan fingerprint density at radius 3 is 2.47 bits per heavy atom. The summed E-state index contributed by atoms with van der Waals surface area (Å²) in [5.41, 5.74) is 2.45. The van der Waals surface area contributed by atoms with Crippen molar-refractivity contribution in [3.63, 3.8) is 0 Å². The molecule has 0 saturated carbocycles. The van der Waals surface area contributed by atoms with E-state index in [9.17, 15) is 4.79 Å². The van der Waals surface area contributed by atoms with Gasteiger partial charge in [-0.15, -0.1) is 11.8 Å². The van der Waals surface area contributed by atoms with Gasteiger partial charge in [-0.1, -0.05) is 36.0 Å². The first-order valence-electron chi connectivity index (χ1n) is 10.0. The molecule has 0 radical (unpaired) electrons. The smallest absolute Gasteiger partial charge is 0.307 e. The maximum atomic E-state index is 12.5. The van der Waals surface area contributed by atoms with Crippen molar-refractivity contribution < 1.29 is 23.7 Å². The fourth-order valence-electron chi connectivity index (χ4n) is 3.57. The molecule has 0 spiro atoms. The summed E-state index contributed by atoms with van der Waals surface area (Å²) in [7, 11) is 4.77. The van der Waals surface area contributed by atoms with Crippen molar-refractivity contribution in [1.82, 2.24) is 0 Å². The molecule has 2 atom stereocenters. The van der Waals surface area contributed by atoms with Gasteiger partial charge in [0.05, 0.1) is 55.0 Å². The minimum Gasteiger partial charge on any atom is -0.495 e. The molecular formula is C23H26ClNO5S2. The molecule has 0 amide bonds. The normalized spacial score (nSPS) is 17.8. The van der Waals surface area contributed by atoms with Crippen molar-refractivity contribution in [2.24, 2.45) is 0 Å². The van der Waals surface area contributed by atoms with E-state index >= 15 is 0 Å². The van der Waals surface area contributed by atoms with Crippen molar-refractivity contribution in [1.29, 1.82) is 0 Å². The number of halogens is 1. The highest BCUT2D eigenvalue weighted by atomic mass is 35.5. The number of fused-ring (bicyclic) bond motifs is 1. The number of esters is 1. The Labute approximate surface area is 202 Å². The Bertz CT molecular complexity index is 1010. The molecule has 1 heterocycles. The lowest BCUT2D eigenvalue weighted by Gasteiger charge is -2.24. The van der Waals surface area contributed by atoms with Gasteiger partial charge < -0.3 is 24.3 Å². The number of carbonyl (C=O) groups is 1. The second kappa shape index (κ2) is 10.6. The van der Waals surface area contributed by atoms with Crippen LogP contribution in [0.1, 0.15) is 36.6 Å². The summed E-state index contributed by atoms with van der Waals surface area (Å²) in [5, 5.41) is 3.21. The first kappa shape index (κ1) is 24.5. The maximum Gasteiger partial charge on any atom is 0.307 e. The maximum absolute atomic E-state index is 12.5. The van der Waals surface area contributed by atoms with Crippen LogP contribution >= 0.6 is 35.6 Å². The third kappa shape index (κ3) is 5.24. The second-order valence-electron chi connectivity index (χ2n) is 7.39. The lowest BCUT2D eigenvalue weighted by atomic mass is 10.0. The summed E-state index contributed by atoms with van der Waals surface area (Å²) >= 11 is 13.7. The lowest BCUT2D eigenvalue weighted by Crippen LogP contribution is -2.27. The monoisotopic (exact) mass is 495 g/mol. The van der Waals surface area contributed by atoms with E-state index in [1.165, 1.54) is 11.8 Å². The van der Waals surface area contributed by atoms with Crippen LogP contribution < -0.4 is 19.5 Å². The van der Waals surface area contributed by atoms with Gasteiger partial charge in [-0.25, -0.2) is 0 Å². The molecule has 1 N–H and O–H groups in total. The van der Waals surface area contributed by atoms with Crippen molar-refractivity contribution >= 4 is 52.2 Å². The Hall–Kier alpha value is -2.16. The predicted molar refractivity (Wildman–Crippen MR) is 133 cm³/mol. The molecule has 32 heavy (non-hydrogen) atoms. The SMILES string of the molecule is COc1cc(Cl)cc2c1NC(=S)C(CC(=O)OC(C)C)SC2c1cccc(OC)c1OC. The topological polar surface area (TPSA) is 66.0 Å². The van der Waals surface area contributed by atoms with Gasteiger partial charge in [0.1, 0.15) is 5.75 Å². The van der Waals surface area contributed by atoms with Crippen LogP contribution in [0.4, 0.5) is 5.69 Å². The molecule has 2 aromatic rings. The molecule has 1 aliphatic rings. The van der Waals surface area contributed by atoms with Crippen molar-refractivity contribution in [3.8, 4) is 17.2 Å². The standard InChI is InChI=1S/C23H26ClNO5S2/c1-12(2)30-19(26)11-18-23(31)25-20-15(9-13(24)10-17(20)28-4)22(32-18)14-7-6-8-16(27-3)21(14)29-5/h6-10,12,18,22H,11H2,1-5H3,(H,25,31). The average molecular weight is 496 g/mol. The van der Waals surface area contributed by atoms with E-state index in [4.69, 9.17) is 42.8 Å². The van der Waals surface area contributed by atoms with E-state index in [1.54, 1.807) is 27.4 Å². The zero-order chi connectivity index (χ0) is 23.4. The van der Waals surface area contributed by atoms with E-state index < -0.39 is 0 Å². The zero-order valence-corrected chi connectivity index (χ0v) is 21.0. The van der Waals surface area contributed by atoms with Gasteiger partial charge in [0, 0.05) is 16.7 Å². The van der Waals surface area contributed by atoms with Crippen LogP contribution in [-0.4, -0.2) is 43.6 Å². The number of anilines is 1. The highest BCUT2D eigenvalue weighted by molar-refractivity contribution is 8.02. The van der Waals surface area contributed by atoms with Crippen molar-refractivity contribution in [2.75, 3.05) is 26.6 Å². The van der Waals surface area contributed by atoms with Gasteiger partial charge >= 0.3 is 5.97 Å². The van der Waals surface area contributed by atoms with Crippen molar-refractivity contribution in [3.05, 3.63) is 46.5 Å². The number of hydrogen-bond acceptors (Lipinski definition) is 7. The largest absolute Gasteiger partial charge is 0.495 e. The number of nitrogens with one attached hydrogen (secondary N) is 1. The van der Waals surface area contributed by atoms with E-state index in [0.29, 0.717) is 32.9 Å². The van der Waals surface area contributed by atoms with Crippen LogP contribution in [0.3, 0.4) is 0 Å².